The van der Waals surface area contributed by atoms with Crippen LogP contribution in [0.15, 0.2) is 30.3 Å². The van der Waals surface area contributed by atoms with Crippen molar-refractivity contribution in [2.24, 2.45) is 5.73 Å². The zero-order chi connectivity index (χ0) is 13.1. The fraction of sp³-hybridized carbons (Fsp3) is 0.333. The van der Waals surface area contributed by atoms with E-state index in [1.807, 2.05) is 0 Å². The van der Waals surface area contributed by atoms with E-state index < -0.39 is 23.5 Å². The fourth-order valence-corrected chi connectivity index (χ4v) is 1.25. The summed E-state index contributed by atoms with van der Waals surface area (Å²) in [6, 6.07) is 7.41. The van der Waals surface area contributed by atoms with Crippen molar-refractivity contribution in [2.45, 2.75) is 25.4 Å². The number of benzene rings is 1. The summed E-state index contributed by atoms with van der Waals surface area (Å²) in [7, 11) is 0. The van der Waals surface area contributed by atoms with E-state index in [0.717, 1.165) is 0 Å². The molecule has 1 aromatic rings. The Balaban J connectivity index is 2.90. The van der Waals surface area contributed by atoms with Crippen LogP contribution in [0.4, 0.5) is 0 Å². The van der Waals surface area contributed by atoms with Gasteiger partial charge in [-0.1, -0.05) is 30.3 Å². The van der Waals surface area contributed by atoms with E-state index in [0.29, 0.717) is 5.56 Å². The highest BCUT2D eigenvalue weighted by atomic mass is 16.4. The quantitative estimate of drug-likeness (QED) is 0.716. The standard InChI is InChI=1S/C12H16N2O3/c1-12(2,13)11(17)14-9(10(15)16)8-6-4-3-5-7-8/h3-7,9H,13H2,1-2H3,(H,14,17)(H,15,16)/t9-/m0/s1. The molecule has 0 bridgehead atoms. The first kappa shape index (κ1) is 13.2. The molecule has 0 spiro atoms. The predicted molar refractivity (Wildman–Crippen MR) is 63.2 cm³/mol. The average Bonchev–Trinajstić information content (AvgIpc) is 2.25. The Morgan fingerprint density at radius 1 is 1.29 bits per heavy atom. The first-order chi connectivity index (χ1) is 7.82. The molecule has 0 fully saturated rings. The van der Waals surface area contributed by atoms with E-state index in [9.17, 15) is 9.59 Å². The smallest absolute Gasteiger partial charge is 0.330 e. The van der Waals surface area contributed by atoms with E-state index in [4.69, 9.17) is 10.8 Å². The van der Waals surface area contributed by atoms with Gasteiger partial charge < -0.3 is 16.2 Å². The summed E-state index contributed by atoms with van der Waals surface area (Å²) in [5, 5.41) is 11.5. The molecule has 0 aliphatic rings. The number of hydrogen-bond donors (Lipinski definition) is 3. The van der Waals surface area contributed by atoms with Crippen LogP contribution < -0.4 is 11.1 Å². The maximum Gasteiger partial charge on any atom is 0.330 e. The lowest BCUT2D eigenvalue weighted by Gasteiger charge is -2.22. The van der Waals surface area contributed by atoms with Crippen molar-refractivity contribution in [3.05, 3.63) is 35.9 Å². The maximum atomic E-state index is 11.7. The molecular formula is C12H16N2O3. The van der Waals surface area contributed by atoms with Crippen LogP contribution in [0.1, 0.15) is 25.5 Å². The number of carbonyl (C=O) groups excluding carboxylic acids is 1. The largest absolute Gasteiger partial charge is 0.479 e. The Hall–Kier alpha value is -1.88. The lowest BCUT2D eigenvalue weighted by Crippen LogP contribution is -2.51. The van der Waals surface area contributed by atoms with E-state index >= 15 is 0 Å². The number of carbonyl (C=O) groups is 2. The molecular weight excluding hydrogens is 220 g/mol. The van der Waals surface area contributed by atoms with Gasteiger partial charge in [0.05, 0.1) is 5.54 Å². The van der Waals surface area contributed by atoms with Gasteiger partial charge in [-0.2, -0.15) is 0 Å². The van der Waals surface area contributed by atoms with E-state index in [-0.39, 0.29) is 0 Å². The van der Waals surface area contributed by atoms with Crippen molar-refractivity contribution in [1.29, 1.82) is 0 Å². The molecule has 0 aliphatic carbocycles. The zero-order valence-corrected chi connectivity index (χ0v) is 9.81. The molecule has 4 N–H and O–H groups in total. The predicted octanol–water partition coefficient (Wildman–Crippen LogP) is 0.666. The number of rotatable bonds is 4. The van der Waals surface area contributed by atoms with Crippen molar-refractivity contribution >= 4 is 11.9 Å². The Labute approximate surface area is 99.6 Å². The van der Waals surface area contributed by atoms with Crippen molar-refractivity contribution in [2.75, 3.05) is 0 Å². The molecule has 0 unspecified atom stereocenters. The third-order valence-corrected chi connectivity index (χ3v) is 2.24. The van der Waals surface area contributed by atoms with Gasteiger partial charge in [0, 0.05) is 0 Å². The second-order valence-electron chi connectivity index (χ2n) is 4.38. The van der Waals surface area contributed by atoms with Crippen molar-refractivity contribution in [3.63, 3.8) is 0 Å². The van der Waals surface area contributed by atoms with Gasteiger partial charge in [0.2, 0.25) is 5.91 Å². The molecule has 0 saturated carbocycles. The summed E-state index contributed by atoms with van der Waals surface area (Å²) in [5.74, 6) is -1.62. The summed E-state index contributed by atoms with van der Waals surface area (Å²) < 4.78 is 0. The minimum absolute atomic E-state index is 0.506. The van der Waals surface area contributed by atoms with Crippen molar-refractivity contribution in [1.82, 2.24) is 5.32 Å². The van der Waals surface area contributed by atoms with Gasteiger partial charge in [-0.25, -0.2) is 4.79 Å². The lowest BCUT2D eigenvalue weighted by atomic mass is 10.0. The van der Waals surface area contributed by atoms with Crippen molar-refractivity contribution < 1.29 is 14.7 Å². The Morgan fingerprint density at radius 3 is 2.24 bits per heavy atom. The SMILES string of the molecule is CC(C)(N)C(=O)N[C@H](C(=O)O)c1ccccc1. The number of carboxylic acids is 1. The Kier molecular flexibility index (Phi) is 3.85. The van der Waals surface area contributed by atoms with Crippen molar-refractivity contribution in [3.8, 4) is 0 Å². The van der Waals surface area contributed by atoms with E-state index in [1.54, 1.807) is 30.3 Å². The Bertz CT molecular complexity index is 410. The van der Waals surface area contributed by atoms with Gasteiger partial charge in [-0.15, -0.1) is 0 Å². The monoisotopic (exact) mass is 236 g/mol. The highest BCUT2D eigenvalue weighted by Crippen LogP contribution is 2.13. The second kappa shape index (κ2) is 4.97. The summed E-state index contributed by atoms with van der Waals surface area (Å²) in [6.45, 7) is 3.04. The first-order valence-corrected chi connectivity index (χ1v) is 5.20. The number of hydrogen-bond acceptors (Lipinski definition) is 3. The lowest BCUT2D eigenvalue weighted by molar-refractivity contribution is -0.142. The normalized spacial score (nSPS) is 12.9. The maximum absolute atomic E-state index is 11.7. The molecule has 0 aromatic heterocycles. The van der Waals surface area contributed by atoms with Gasteiger partial charge in [0.1, 0.15) is 0 Å². The molecule has 0 radical (unpaired) electrons. The number of nitrogens with two attached hydrogens (primary N) is 1. The van der Waals surface area contributed by atoms with E-state index in [2.05, 4.69) is 5.32 Å². The van der Waals surface area contributed by atoms with Gasteiger partial charge >= 0.3 is 5.97 Å². The molecule has 0 saturated heterocycles. The summed E-state index contributed by atoms with van der Waals surface area (Å²) in [6.07, 6.45) is 0. The number of carboxylic acid groups (broad SMARTS) is 1. The highest BCUT2D eigenvalue weighted by molar-refractivity contribution is 5.89. The number of amides is 1. The van der Waals surface area contributed by atoms with Crippen LogP contribution in [0.3, 0.4) is 0 Å². The summed E-state index contributed by atoms with van der Waals surface area (Å²) >= 11 is 0. The average molecular weight is 236 g/mol. The Morgan fingerprint density at radius 2 is 1.82 bits per heavy atom. The molecule has 0 aliphatic heterocycles. The molecule has 1 amide bonds. The van der Waals surface area contributed by atoms with Crippen LogP contribution in [0.2, 0.25) is 0 Å². The second-order valence-corrected chi connectivity index (χ2v) is 4.38. The molecule has 5 heteroatoms. The van der Waals surface area contributed by atoms with Gasteiger partial charge in [-0.05, 0) is 19.4 Å². The van der Waals surface area contributed by atoms with Gasteiger partial charge in [0.25, 0.3) is 0 Å². The molecule has 17 heavy (non-hydrogen) atoms. The van der Waals surface area contributed by atoms with Crippen LogP contribution in [0.25, 0.3) is 0 Å². The molecule has 1 rings (SSSR count). The van der Waals surface area contributed by atoms with Gasteiger partial charge in [-0.3, -0.25) is 4.79 Å². The molecule has 1 atom stereocenters. The number of aliphatic carboxylic acids is 1. The first-order valence-electron chi connectivity index (χ1n) is 5.20. The fourth-order valence-electron chi connectivity index (χ4n) is 1.25. The van der Waals surface area contributed by atoms with Crippen LogP contribution in [0.5, 0.6) is 0 Å². The molecule has 92 valence electrons. The summed E-state index contributed by atoms with van der Waals surface area (Å²) in [4.78, 5) is 22.8. The number of nitrogens with one attached hydrogen (secondary N) is 1. The zero-order valence-electron chi connectivity index (χ0n) is 9.81. The topological polar surface area (TPSA) is 92.4 Å². The van der Waals surface area contributed by atoms with E-state index in [1.165, 1.54) is 13.8 Å². The minimum atomic E-state index is -1.12. The molecule has 5 nitrogen and oxygen atoms in total. The minimum Gasteiger partial charge on any atom is -0.479 e. The van der Waals surface area contributed by atoms with Crippen LogP contribution in [0, 0.1) is 0 Å². The van der Waals surface area contributed by atoms with Crippen LogP contribution >= 0.6 is 0 Å². The molecule has 0 heterocycles. The highest BCUT2D eigenvalue weighted by Gasteiger charge is 2.28. The van der Waals surface area contributed by atoms with Crippen LogP contribution in [-0.4, -0.2) is 22.5 Å². The summed E-state index contributed by atoms with van der Waals surface area (Å²) in [5.41, 5.74) is 5.00. The molecule has 1 aromatic carbocycles. The van der Waals surface area contributed by atoms with Crippen LogP contribution in [-0.2, 0) is 9.59 Å². The third-order valence-electron chi connectivity index (χ3n) is 2.24. The third kappa shape index (κ3) is 3.57. The van der Waals surface area contributed by atoms with Gasteiger partial charge in [0.15, 0.2) is 6.04 Å².